The van der Waals surface area contributed by atoms with Crippen molar-refractivity contribution in [2.24, 2.45) is 0 Å². The first-order valence-electron chi connectivity index (χ1n) is 16.5. The predicted molar refractivity (Wildman–Crippen MR) is 147 cm³/mol. The average molecular weight is 1090 g/mol. The lowest BCUT2D eigenvalue weighted by molar-refractivity contribution is -0.592. The van der Waals surface area contributed by atoms with E-state index in [0.717, 1.165) is 14.2 Å². The highest BCUT2D eigenvalue weighted by molar-refractivity contribution is 5.78. The molecule has 0 aromatic carbocycles. The topological polar surface area (TPSA) is 130 Å². The van der Waals surface area contributed by atoms with Crippen molar-refractivity contribution in [3.05, 3.63) is 0 Å². The van der Waals surface area contributed by atoms with E-state index in [-0.39, 0.29) is 52.9 Å². The second kappa shape index (κ2) is 22.6. The third kappa shape index (κ3) is 15.0. The van der Waals surface area contributed by atoms with Crippen LogP contribution in [0.25, 0.3) is 0 Å². The Morgan fingerprint density at radius 1 is 0.309 bits per heavy atom. The Morgan fingerprint density at radius 2 is 0.559 bits per heavy atom. The molecule has 408 valence electrons. The van der Waals surface area contributed by atoms with E-state index in [2.05, 4.69) is 9.47 Å². The number of carbonyl (C=O) groups is 1. The Balaban J connectivity index is 6.49. The van der Waals surface area contributed by atoms with E-state index in [1.165, 1.54) is 0 Å². The van der Waals surface area contributed by atoms with Crippen LogP contribution in [-0.4, -0.2) is 175 Å². The molecule has 0 heterocycles. The zero-order valence-electron chi connectivity index (χ0n) is 31.9. The van der Waals surface area contributed by atoms with Gasteiger partial charge in [-0.1, -0.05) is 0 Å². The number of alkyl halides is 29. The van der Waals surface area contributed by atoms with Crippen LogP contribution >= 0.6 is 0 Å². The SMILES string of the molecule is O=C(OCCOCCOCCOCCOCCOCCO)C(F)(OC(F)(F)C(F)(OC(F)(F)C(F)(OC(F)(F)C(F)(OC(F)(F)C(F)(F)C(F)(F)F)C(F)(F)F)C(F)(F)F)C(F)(F)F)C(F)(F)F. The molecule has 0 amide bonds. The zero-order chi connectivity index (χ0) is 54.1. The molecule has 0 saturated heterocycles. The second-order valence-corrected chi connectivity index (χ2v) is 11.8. The number of esters is 1. The van der Waals surface area contributed by atoms with Crippen molar-refractivity contribution in [2.75, 3.05) is 79.3 Å². The maximum Gasteiger partial charge on any atom is 0.462 e. The van der Waals surface area contributed by atoms with Crippen LogP contribution < -0.4 is 0 Å². The molecule has 0 aliphatic carbocycles. The minimum absolute atomic E-state index is 0.000290. The Morgan fingerprint density at radius 3 is 0.809 bits per heavy atom. The van der Waals surface area contributed by atoms with E-state index < -0.39 is 117 Å². The molecule has 0 bridgehead atoms. The third-order valence-corrected chi connectivity index (χ3v) is 6.83. The van der Waals surface area contributed by atoms with E-state index in [9.17, 15) is 132 Å². The molecule has 0 aromatic heterocycles. The largest absolute Gasteiger partial charge is 0.462 e. The fourth-order valence-corrected chi connectivity index (χ4v) is 3.53. The smallest absolute Gasteiger partial charge is 0.459 e. The first-order chi connectivity index (χ1) is 30.1. The monoisotopic (exact) mass is 1090 g/mol. The minimum atomic E-state index is -9.29. The summed E-state index contributed by atoms with van der Waals surface area (Å²) in [6, 6.07) is 0. The van der Waals surface area contributed by atoms with E-state index in [4.69, 9.17) is 24.1 Å². The Kier molecular flexibility index (Phi) is 21.6. The highest BCUT2D eigenvalue weighted by atomic mass is 19.4. The van der Waals surface area contributed by atoms with Gasteiger partial charge >= 0.3 is 90.6 Å². The van der Waals surface area contributed by atoms with Gasteiger partial charge in [0.05, 0.1) is 72.7 Å². The molecule has 0 aliphatic rings. The number of hydrogen-bond acceptors (Lipinski definition) is 12. The summed E-state index contributed by atoms with van der Waals surface area (Å²) in [5.74, 6) is -47.4. The van der Waals surface area contributed by atoms with Crippen LogP contribution in [0.4, 0.5) is 127 Å². The molecule has 4 atom stereocenters. The van der Waals surface area contributed by atoms with Gasteiger partial charge in [-0.3, -0.25) is 18.9 Å². The fraction of sp³-hybridized carbons (Fsp3) is 0.963. The summed E-state index contributed by atoms with van der Waals surface area (Å²) in [6.07, 6.45) is -78.0. The van der Waals surface area contributed by atoms with Crippen LogP contribution in [0.2, 0.25) is 0 Å². The highest BCUT2D eigenvalue weighted by Gasteiger charge is 2.90. The molecule has 0 rings (SSSR count). The summed E-state index contributed by atoms with van der Waals surface area (Å²) in [4.78, 5) is 11.7. The molecule has 12 nitrogen and oxygen atoms in total. The Labute approximate surface area is 355 Å². The van der Waals surface area contributed by atoms with Gasteiger partial charge in [0.2, 0.25) is 0 Å². The molecule has 0 fully saturated rings. The van der Waals surface area contributed by atoms with Crippen molar-refractivity contribution in [3.8, 4) is 0 Å². The molecule has 0 aromatic rings. The van der Waals surface area contributed by atoms with Crippen LogP contribution in [0.1, 0.15) is 0 Å². The van der Waals surface area contributed by atoms with Crippen LogP contribution in [-0.2, 0) is 52.2 Å². The Hall–Kier alpha value is -2.96. The first kappa shape index (κ1) is 65.0. The van der Waals surface area contributed by atoms with Crippen molar-refractivity contribution in [1.82, 2.24) is 0 Å². The van der Waals surface area contributed by atoms with Crippen molar-refractivity contribution in [3.63, 3.8) is 0 Å². The summed E-state index contributed by atoms with van der Waals surface area (Å²) in [7, 11) is 0. The van der Waals surface area contributed by atoms with Crippen LogP contribution in [0.15, 0.2) is 0 Å². The molecule has 68 heavy (non-hydrogen) atoms. The maximum absolute atomic E-state index is 14.8. The number of rotatable bonds is 30. The third-order valence-electron chi connectivity index (χ3n) is 6.83. The number of aliphatic hydroxyl groups excluding tert-OH is 1. The van der Waals surface area contributed by atoms with Gasteiger partial charge in [-0.15, -0.1) is 0 Å². The molecule has 4 unspecified atom stereocenters. The van der Waals surface area contributed by atoms with E-state index in [1.807, 2.05) is 0 Å². The first-order valence-corrected chi connectivity index (χ1v) is 16.5. The molecule has 0 spiro atoms. The summed E-state index contributed by atoms with van der Waals surface area (Å²) in [5.41, 5.74) is 0. The van der Waals surface area contributed by atoms with Gasteiger partial charge in [-0.25, -0.2) is 4.79 Å². The number of carbonyl (C=O) groups excluding carboxylic acids is 1. The number of aliphatic hydroxyl groups is 1. The lowest BCUT2D eigenvalue weighted by atomic mass is 10.2. The van der Waals surface area contributed by atoms with Crippen LogP contribution in [0.5, 0.6) is 0 Å². The zero-order valence-corrected chi connectivity index (χ0v) is 31.9. The van der Waals surface area contributed by atoms with Gasteiger partial charge in [0, 0.05) is 0 Å². The number of hydrogen-bond donors (Lipinski definition) is 1. The van der Waals surface area contributed by atoms with Gasteiger partial charge in [0.25, 0.3) is 0 Å². The second-order valence-electron chi connectivity index (χ2n) is 11.8. The van der Waals surface area contributed by atoms with Crippen molar-refractivity contribution >= 4 is 5.97 Å². The lowest BCUT2D eigenvalue weighted by Gasteiger charge is -2.44. The maximum atomic E-state index is 14.8. The van der Waals surface area contributed by atoms with Gasteiger partial charge in [0.15, 0.2) is 0 Å². The fourth-order valence-electron chi connectivity index (χ4n) is 3.53. The molecular weight excluding hydrogens is 1070 g/mol. The number of halogens is 29. The highest BCUT2D eigenvalue weighted by Crippen LogP contribution is 2.61. The standard InChI is InChI=1S/C27H25F29O12/c28-14(19(34,35)36,13(58)64-12-11-63-10-9-62-8-7-61-6-5-60-4-3-59-2-1-57)65-25(51,52)16(31,21(40,41)42)67-27(55,56)18(33,23(46,47)48)68-26(53,54)17(32,22(43,44)45)66-24(49,50)15(29,30)20(37,38)39/h57H,1-12H2. The number of ether oxygens (including phenoxy) is 10. The van der Waals surface area contributed by atoms with Gasteiger partial charge in [-0.2, -0.15) is 127 Å². The Bertz CT molecular complexity index is 1550. The average Bonchev–Trinajstić information content (AvgIpc) is 3.12. The van der Waals surface area contributed by atoms with Crippen LogP contribution in [0, 0.1) is 0 Å². The summed E-state index contributed by atoms with van der Waals surface area (Å²) in [5, 5.41) is 8.50. The molecular formula is C27H25F29O12. The van der Waals surface area contributed by atoms with Gasteiger partial charge in [-0.05, 0) is 0 Å². The van der Waals surface area contributed by atoms with E-state index >= 15 is 0 Å². The van der Waals surface area contributed by atoms with Crippen LogP contribution in [0.3, 0.4) is 0 Å². The predicted octanol–water partition coefficient (Wildman–Crippen LogP) is 8.15. The van der Waals surface area contributed by atoms with E-state index in [1.54, 1.807) is 4.74 Å². The summed E-state index contributed by atoms with van der Waals surface area (Å²) in [6.45, 7) is -4.58. The quantitative estimate of drug-likeness (QED) is 0.0424. The van der Waals surface area contributed by atoms with Crippen molar-refractivity contribution in [1.29, 1.82) is 0 Å². The lowest BCUT2D eigenvalue weighted by Crippen LogP contribution is -2.72. The summed E-state index contributed by atoms with van der Waals surface area (Å²) < 4.78 is 427. The van der Waals surface area contributed by atoms with Crippen molar-refractivity contribution in [2.45, 2.75) is 84.7 Å². The van der Waals surface area contributed by atoms with Crippen molar-refractivity contribution < 1.29 is 185 Å². The molecule has 1 N–H and O–H groups in total. The molecule has 0 saturated carbocycles. The normalized spacial score (nSPS) is 18.1. The minimum Gasteiger partial charge on any atom is -0.459 e. The van der Waals surface area contributed by atoms with E-state index in [0.29, 0.717) is 0 Å². The molecule has 41 heteroatoms. The summed E-state index contributed by atoms with van der Waals surface area (Å²) >= 11 is 0. The van der Waals surface area contributed by atoms with Gasteiger partial charge < -0.3 is 33.5 Å². The molecule has 0 aliphatic heterocycles. The van der Waals surface area contributed by atoms with Gasteiger partial charge in [0.1, 0.15) is 6.61 Å². The molecule has 0 radical (unpaired) electrons.